The summed E-state index contributed by atoms with van der Waals surface area (Å²) in [6.07, 6.45) is 0. The Balaban J connectivity index is 2.97. The fourth-order valence-electron chi connectivity index (χ4n) is 0.452. The van der Waals surface area contributed by atoms with Crippen LogP contribution >= 0.6 is 8.60 Å². The Morgan fingerprint density at radius 1 is 1.17 bits per heavy atom. The summed E-state index contributed by atoms with van der Waals surface area (Å²) in [6, 6.07) is 0. The van der Waals surface area contributed by atoms with E-state index in [0.29, 0.717) is 26.4 Å². The minimum atomic E-state index is -1.88. The molecular formula is C6H15O5P. The van der Waals surface area contributed by atoms with Gasteiger partial charge in [0.15, 0.2) is 0 Å². The second kappa shape index (κ2) is 9.32. The van der Waals surface area contributed by atoms with Gasteiger partial charge in [0.2, 0.25) is 0 Å². The summed E-state index contributed by atoms with van der Waals surface area (Å²) in [7, 11) is -1.88. The standard InChI is InChI=1S/C6H15O5P/c1-3-8-5-6-9-11-12(7)10-4-2/h7H,3-6H2,1-2H3. The van der Waals surface area contributed by atoms with Gasteiger partial charge in [0.05, 0.1) is 13.2 Å². The Morgan fingerprint density at radius 2 is 1.92 bits per heavy atom. The van der Waals surface area contributed by atoms with Gasteiger partial charge in [-0.3, -0.25) is 0 Å². The van der Waals surface area contributed by atoms with Crippen LogP contribution in [-0.4, -0.2) is 31.3 Å². The first-order valence-corrected chi connectivity index (χ1v) is 4.93. The molecule has 0 saturated heterocycles. The monoisotopic (exact) mass is 198 g/mol. The molecule has 6 heteroatoms. The Labute approximate surface area is 73.5 Å². The first-order chi connectivity index (χ1) is 5.81. The fraction of sp³-hybridized carbons (Fsp3) is 1.00. The molecule has 0 aliphatic rings. The zero-order chi connectivity index (χ0) is 9.23. The maximum absolute atomic E-state index is 8.86. The minimum absolute atomic E-state index is 0.292. The van der Waals surface area contributed by atoms with E-state index < -0.39 is 8.60 Å². The predicted molar refractivity (Wildman–Crippen MR) is 44.3 cm³/mol. The van der Waals surface area contributed by atoms with Crippen molar-refractivity contribution >= 4 is 8.60 Å². The van der Waals surface area contributed by atoms with Crippen molar-refractivity contribution in [1.82, 2.24) is 0 Å². The van der Waals surface area contributed by atoms with Crippen LogP contribution in [-0.2, 0) is 18.8 Å². The number of rotatable bonds is 8. The average Bonchev–Trinajstić information content (AvgIpc) is 2.05. The van der Waals surface area contributed by atoms with Gasteiger partial charge in [0.25, 0.3) is 0 Å². The molecule has 0 heterocycles. The molecule has 0 radical (unpaired) electrons. The Hall–Kier alpha value is 0.230. The lowest BCUT2D eigenvalue weighted by Crippen LogP contribution is -2.03. The highest BCUT2D eigenvalue weighted by atomic mass is 31.2. The van der Waals surface area contributed by atoms with Gasteiger partial charge in [-0.05, 0) is 13.8 Å². The minimum Gasteiger partial charge on any atom is -0.379 e. The molecule has 1 N–H and O–H groups in total. The van der Waals surface area contributed by atoms with E-state index in [-0.39, 0.29) is 0 Å². The van der Waals surface area contributed by atoms with E-state index in [1.165, 1.54) is 0 Å². The summed E-state index contributed by atoms with van der Waals surface area (Å²) in [5.41, 5.74) is 0. The van der Waals surface area contributed by atoms with Gasteiger partial charge in [0, 0.05) is 6.61 Å². The molecule has 0 aliphatic heterocycles. The first-order valence-electron chi connectivity index (χ1n) is 3.80. The molecule has 0 bridgehead atoms. The molecular weight excluding hydrogens is 183 g/mol. The largest absolute Gasteiger partial charge is 0.379 e. The van der Waals surface area contributed by atoms with Crippen molar-refractivity contribution in [3.8, 4) is 0 Å². The summed E-state index contributed by atoms with van der Waals surface area (Å²) in [6.45, 7) is 5.43. The lowest BCUT2D eigenvalue weighted by atomic mass is 10.8. The van der Waals surface area contributed by atoms with Crippen LogP contribution < -0.4 is 0 Å². The second-order valence-electron chi connectivity index (χ2n) is 1.75. The Kier molecular flexibility index (Phi) is 9.50. The van der Waals surface area contributed by atoms with E-state index in [0.717, 1.165) is 0 Å². The van der Waals surface area contributed by atoms with E-state index in [1.807, 2.05) is 6.92 Å². The zero-order valence-electron chi connectivity index (χ0n) is 7.36. The lowest BCUT2D eigenvalue weighted by Gasteiger charge is -2.07. The highest BCUT2D eigenvalue weighted by molar-refractivity contribution is 7.40. The van der Waals surface area contributed by atoms with Gasteiger partial charge in [-0.1, -0.05) is 0 Å². The van der Waals surface area contributed by atoms with E-state index in [2.05, 4.69) is 14.1 Å². The van der Waals surface area contributed by atoms with Crippen LogP contribution in [0.1, 0.15) is 13.8 Å². The van der Waals surface area contributed by atoms with Crippen LogP contribution in [0.5, 0.6) is 0 Å². The zero-order valence-corrected chi connectivity index (χ0v) is 8.25. The van der Waals surface area contributed by atoms with Crippen molar-refractivity contribution in [1.29, 1.82) is 0 Å². The van der Waals surface area contributed by atoms with Crippen molar-refractivity contribution in [2.75, 3.05) is 26.4 Å². The summed E-state index contributed by atoms with van der Waals surface area (Å²) < 4.78 is 14.1. The number of ether oxygens (including phenoxy) is 1. The number of hydrogen-bond donors (Lipinski definition) is 1. The molecule has 74 valence electrons. The van der Waals surface area contributed by atoms with Crippen molar-refractivity contribution in [2.45, 2.75) is 13.8 Å². The third-order valence-electron chi connectivity index (χ3n) is 0.871. The Bertz CT molecular complexity index is 92.0. The van der Waals surface area contributed by atoms with Crippen molar-refractivity contribution in [3.05, 3.63) is 0 Å². The molecule has 1 unspecified atom stereocenters. The molecule has 5 nitrogen and oxygen atoms in total. The molecule has 12 heavy (non-hydrogen) atoms. The maximum atomic E-state index is 8.86. The molecule has 0 fully saturated rings. The van der Waals surface area contributed by atoms with Gasteiger partial charge < -0.3 is 14.2 Å². The van der Waals surface area contributed by atoms with E-state index in [1.54, 1.807) is 6.92 Å². The van der Waals surface area contributed by atoms with Gasteiger partial charge in [0.1, 0.15) is 6.61 Å². The molecule has 0 rings (SSSR count). The fourth-order valence-corrected chi connectivity index (χ4v) is 0.880. The SMILES string of the molecule is CCOCCOOP(O)OCC. The van der Waals surface area contributed by atoms with Crippen LogP contribution in [0.15, 0.2) is 0 Å². The predicted octanol–water partition coefficient (Wildman–Crippen LogP) is 1.23. The maximum Gasteiger partial charge on any atom is 0.360 e. The lowest BCUT2D eigenvalue weighted by molar-refractivity contribution is -0.222. The van der Waals surface area contributed by atoms with Crippen molar-refractivity contribution < 1.29 is 23.7 Å². The van der Waals surface area contributed by atoms with Crippen LogP contribution in [0.2, 0.25) is 0 Å². The van der Waals surface area contributed by atoms with Gasteiger partial charge >= 0.3 is 8.60 Å². The van der Waals surface area contributed by atoms with E-state index >= 15 is 0 Å². The third-order valence-corrected chi connectivity index (χ3v) is 1.58. The molecule has 0 saturated carbocycles. The van der Waals surface area contributed by atoms with E-state index in [4.69, 9.17) is 9.63 Å². The van der Waals surface area contributed by atoms with Crippen LogP contribution in [0.3, 0.4) is 0 Å². The summed E-state index contributed by atoms with van der Waals surface area (Å²) in [5.74, 6) is 0. The molecule has 0 aromatic rings. The molecule has 0 aromatic carbocycles. The number of hydrogen-bond acceptors (Lipinski definition) is 5. The quantitative estimate of drug-likeness (QED) is 0.275. The van der Waals surface area contributed by atoms with Gasteiger partial charge in [-0.25, -0.2) is 4.89 Å². The average molecular weight is 198 g/mol. The highest BCUT2D eigenvalue weighted by Gasteiger charge is 2.05. The molecule has 0 spiro atoms. The van der Waals surface area contributed by atoms with Crippen LogP contribution in [0, 0.1) is 0 Å². The van der Waals surface area contributed by atoms with Crippen LogP contribution in [0.4, 0.5) is 0 Å². The normalized spacial score (nSPS) is 13.2. The molecule has 0 amide bonds. The van der Waals surface area contributed by atoms with Crippen molar-refractivity contribution in [2.24, 2.45) is 0 Å². The third kappa shape index (κ3) is 8.33. The molecule has 1 atom stereocenters. The summed E-state index contributed by atoms with van der Waals surface area (Å²) >= 11 is 0. The van der Waals surface area contributed by atoms with Crippen molar-refractivity contribution in [3.63, 3.8) is 0 Å². The smallest absolute Gasteiger partial charge is 0.360 e. The van der Waals surface area contributed by atoms with Gasteiger partial charge in [-0.2, -0.15) is 4.67 Å². The van der Waals surface area contributed by atoms with Gasteiger partial charge in [-0.15, -0.1) is 0 Å². The molecule has 0 aromatic heterocycles. The summed E-state index contributed by atoms with van der Waals surface area (Å²) in [4.78, 5) is 13.4. The first kappa shape index (κ1) is 12.2. The second-order valence-corrected chi connectivity index (χ2v) is 2.63. The highest BCUT2D eigenvalue weighted by Crippen LogP contribution is 2.32. The molecule has 0 aliphatic carbocycles. The van der Waals surface area contributed by atoms with E-state index in [9.17, 15) is 0 Å². The topological polar surface area (TPSA) is 57.2 Å². The van der Waals surface area contributed by atoms with Crippen LogP contribution in [0.25, 0.3) is 0 Å². The summed E-state index contributed by atoms with van der Waals surface area (Å²) in [5, 5.41) is 0. The Morgan fingerprint density at radius 3 is 2.50 bits per heavy atom.